The molecule has 0 aliphatic heterocycles. The van der Waals surface area contributed by atoms with Crippen LogP contribution in [0.25, 0.3) is 0 Å². The van der Waals surface area contributed by atoms with Gasteiger partial charge in [-0.25, -0.2) is 0 Å². The van der Waals surface area contributed by atoms with Gasteiger partial charge in [-0.2, -0.15) is 0 Å². The molecule has 1 aromatic rings. The third-order valence-corrected chi connectivity index (χ3v) is 3.41. The van der Waals surface area contributed by atoms with Gasteiger partial charge in [0.05, 0.1) is 12.7 Å². The van der Waals surface area contributed by atoms with E-state index in [1.165, 1.54) is 11.1 Å². The molecule has 0 amide bonds. The summed E-state index contributed by atoms with van der Waals surface area (Å²) >= 11 is 0. The van der Waals surface area contributed by atoms with Gasteiger partial charge in [0, 0.05) is 27.3 Å². The normalized spacial score (nSPS) is 14.3. The van der Waals surface area contributed by atoms with E-state index in [0.29, 0.717) is 5.92 Å². The Bertz CT molecular complexity index is 354. The average Bonchev–Trinajstić information content (AvgIpc) is 2.42. The molecular formula is C16H27NO2. The maximum absolute atomic E-state index is 5.41. The van der Waals surface area contributed by atoms with Crippen LogP contribution in [0.1, 0.15) is 30.4 Å². The first-order chi connectivity index (χ1) is 9.17. The fourth-order valence-electron chi connectivity index (χ4n) is 2.21. The molecule has 19 heavy (non-hydrogen) atoms. The van der Waals surface area contributed by atoms with Crippen LogP contribution in [0.2, 0.25) is 0 Å². The number of hydrogen-bond acceptors (Lipinski definition) is 3. The van der Waals surface area contributed by atoms with Gasteiger partial charge in [0.2, 0.25) is 0 Å². The molecule has 2 atom stereocenters. The molecule has 0 aromatic heterocycles. The minimum absolute atomic E-state index is 0.273. The molecule has 0 radical (unpaired) electrons. The van der Waals surface area contributed by atoms with E-state index < -0.39 is 0 Å². The zero-order chi connectivity index (χ0) is 14.1. The molecule has 0 heterocycles. The lowest BCUT2D eigenvalue weighted by Gasteiger charge is -2.21. The first-order valence-corrected chi connectivity index (χ1v) is 6.96. The fourth-order valence-corrected chi connectivity index (χ4v) is 2.21. The molecule has 0 spiro atoms. The highest BCUT2D eigenvalue weighted by atomic mass is 16.5. The Kier molecular flexibility index (Phi) is 7.72. The summed E-state index contributed by atoms with van der Waals surface area (Å²) in [4.78, 5) is 0. The summed E-state index contributed by atoms with van der Waals surface area (Å²) < 4.78 is 10.5. The van der Waals surface area contributed by atoms with Gasteiger partial charge < -0.3 is 14.8 Å². The van der Waals surface area contributed by atoms with Gasteiger partial charge in [-0.05, 0) is 31.7 Å². The van der Waals surface area contributed by atoms with E-state index in [0.717, 1.165) is 26.1 Å². The topological polar surface area (TPSA) is 30.5 Å². The molecule has 0 aliphatic rings. The predicted molar refractivity (Wildman–Crippen MR) is 79.8 cm³/mol. The number of benzene rings is 1. The molecular weight excluding hydrogens is 238 g/mol. The lowest BCUT2D eigenvalue weighted by atomic mass is 9.92. The molecule has 0 saturated heterocycles. The second kappa shape index (κ2) is 9.08. The second-order valence-corrected chi connectivity index (χ2v) is 5.09. The summed E-state index contributed by atoms with van der Waals surface area (Å²) in [5, 5.41) is 3.45. The molecule has 0 fully saturated rings. The van der Waals surface area contributed by atoms with Crippen molar-refractivity contribution in [3.8, 4) is 0 Å². The van der Waals surface area contributed by atoms with E-state index in [1.54, 1.807) is 14.2 Å². The van der Waals surface area contributed by atoms with Gasteiger partial charge in [0.1, 0.15) is 0 Å². The zero-order valence-electron chi connectivity index (χ0n) is 12.6. The van der Waals surface area contributed by atoms with Gasteiger partial charge in [0.15, 0.2) is 0 Å². The van der Waals surface area contributed by atoms with E-state index in [4.69, 9.17) is 9.47 Å². The van der Waals surface area contributed by atoms with Crippen LogP contribution in [-0.4, -0.2) is 40.0 Å². The summed E-state index contributed by atoms with van der Waals surface area (Å²) in [6.45, 7) is 6.86. The van der Waals surface area contributed by atoms with E-state index in [-0.39, 0.29) is 6.10 Å². The van der Waals surface area contributed by atoms with E-state index in [9.17, 15) is 0 Å². The number of hydrogen-bond donors (Lipinski definition) is 1. The number of ether oxygens (including phenoxy) is 2. The average molecular weight is 265 g/mol. The van der Waals surface area contributed by atoms with Gasteiger partial charge in [-0.1, -0.05) is 29.8 Å². The molecule has 1 rings (SSSR count). The molecule has 3 nitrogen and oxygen atoms in total. The Hall–Kier alpha value is -0.900. The predicted octanol–water partition coefficient (Wildman–Crippen LogP) is 2.74. The van der Waals surface area contributed by atoms with Crippen molar-refractivity contribution in [1.29, 1.82) is 0 Å². The van der Waals surface area contributed by atoms with Crippen molar-refractivity contribution in [1.82, 2.24) is 5.32 Å². The van der Waals surface area contributed by atoms with Gasteiger partial charge in [-0.3, -0.25) is 0 Å². The van der Waals surface area contributed by atoms with Gasteiger partial charge >= 0.3 is 0 Å². The largest absolute Gasteiger partial charge is 0.383 e. The third-order valence-electron chi connectivity index (χ3n) is 3.41. The number of nitrogens with one attached hydrogen (secondary N) is 1. The minimum Gasteiger partial charge on any atom is -0.383 e. The summed E-state index contributed by atoms with van der Waals surface area (Å²) in [5.41, 5.74) is 2.69. The molecule has 0 aliphatic carbocycles. The van der Waals surface area contributed by atoms with Crippen LogP contribution in [-0.2, 0) is 9.47 Å². The molecule has 2 unspecified atom stereocenters. The number of methoxy groups -OCH3 is 2. The first kappa shape index (κ1) is 16.2. The highest BCUT2D eigenvalue weighted by Crippen LogP contribution is 2.22. The Morgan fingerprint density at radius 2 is 2.05 bits per heavy atom. The van der Waals surface area contributed by atoms with Gasteiger partial charge in [0.25, 0.3) is 0 Å². The van der Waals surface area contributed by atoms with Crippen molar-refractivity contribution >= 4 is 0 Å². The lowest BCUT2D eigenvalue weighted by Crippen LogP contribution is -2.27. The lowest BCUT2D eigenvalue weighted by molar-refractivity contribution is 0.103. The highest BCUT2D eigenvalue weighted by molar-refractivity contribution is 5.25. The third kappa shape index (κ3) is 6.19. The Balaban J connectivity index is 2.63. The van der Waals surface area contributed by atoms with Crippen LogP contribution in [0.3, 0.4) is 0 Å². The zero-order valence-corrected chi connectivity index (χ0v) is 12.6. The first-order valence-electron chi connectivity index (χ1n) is 6.96. The summed E-state index contributed by atoms with van der Waals surface area (Å²) in [6.07, 6.45) is 1.30. The van der Waals surface area contributed by atoms with Gasteiger partial charge in [-0.15, -0.1) is 0 Å². The fraction of sp³-hybridized carbons (Fsp3) is 0.625. The SMILES string of the molecule is COCCNCC(CC(C)OC)c1cccc(C)c1. The summed E-state index contributed by atoms with van der Waals surface area (Å²) in [7, 11) is 3.50. The van der Waals surface area contributed by atoms with Crippen molar-refractivity contribution in [3.05, 3.63) is 35.4 Å². The van der Waals surface area contributed by atoms with Crippen molar-refractivity contribution < 1.29 is 9.47 Å². The molecule has 1 aromatic carbocycles. The molecule has 108 valence electrons. The molecule has 0 saturated carbocycles. The van der Waals surface area contributed by atoms with E-state index >= 15 is 0 Å². The van der Waals surface area contributed by atoms with Crippen LogP contribution >= 0.6 is 0 Å². The molecule has 3 heteroatoms. The summed E-state index contributed by atoms with van der Waals surface area (Å²) in [5.74, 6) is 0.478. The Morgan fingerprint density at radius 3 is 2.68 bits per heavy atom. The molecule has 1 N–H and O–H groups in total. The maximum Gasteiger partial charge on any atom is 0.0587 e. The Labute approximate surface area is 117 Å². The number of rotatable bonds is 9. The summed E-state index contributed by atoms with van der Waals surface area (Å²) in [6, 6.07) is 8.74. The second-order valence-electron chi connectivity index (χ2n) is 5.09. The van der Waals surface area contributed by atoms with Crippen molar-refractivity contribution in [2.75, 3.05) is 33.9 Å². The maximum atomic E-state index is 5.41. The monoisotopic (exact) mass is 265 g/mol. The van der Waals surface area contributed by atoms with Crippen LogP contribution in [0, 0.1) is 6.92 Å². The van der Waals surface area contributed by atoms with Crippen molar-refractivity contribution in [2.45, 2.75) is 32.3 Å². The minimum atomic E-state index is 0.273. The standard InChI is InChI=1S/C16H27NO2/c1-13-6-5-7-15(10-13)16(11-14(2)19-4)12-17-8-9-18-3/h5-7,10,14,16-17H,8-9,11-12H2,1-4H3. The van der Waals surface area contributed by atoms with Crippen LogP contribution in [0.15, 0.2) is 24.3 Å². The highest BCUT2D eigenvalue weighted by Gasteiger charge is 2.15. The van der Waals surface area contributed by atoms with Crippen molar-refractivity contribution in [3.63, 3.8) is 0 Å². The number of aryl methyl sites for hydroxylation is 1. The van der Waals surface area contributed by atoms with Crippen LogP contribution in [0.5, 0.6) is 0 Å². The smallest absolute Gasteiger partial charge is 0.0587 e. The van der Waals surface area contributed by atoms with E-state index in [1.807, 2.05) is 0 Å². The Morgan fingerprint density at radius 1 is 1.26 bits per heavy atom. The van der Waals surface area contributed by atoms with Crippen molar-refractivity contribution in [2.24, 2.45) is 0 Å². The van der Waals surface area contributed by atoms with E-state index in [2.05, 4.69) is 43.4 Å². The molecule has 0 bridgehead atoms. The quantitative estimate of drug-likeness (QED) is 0.696. The van der Waals surface area contributed by atoms with Crippen LogP contribution < -0.4 is 5.32 Å². The van der Waals surface area contributed by atoms with Crippen LogP contribution in [0.4, 0.5) is 0 Å².